The molecule has 0 aromatic heterocycles. The number of benzene rings is 1. The minimum atomic E-state index is -0.507. The summed E-state index contributed by atoms with van der Waals surface area (Å²) in [6, 6.07) is 2.81. The number of hydrogen-bond donors (Lipinski definition) is 1. The Balaban J connectivity index is 2.89. The van der Waals surface area contributed by atoms with E-state index in [1.54, 1.807) is 0 Å². The highest BCUT2D eigenvalue weighted by atomic mass is 32.1. The molecule has 21 heavy (non-hydrogen) atoms. The van der Waals surface area contributed by atoms with Crippen LogP contribution in [0.2, 0.25) is 0 Å². The highest BCUT2D eigenvalue weighted by Gasteiger charge is 2.19. The number of rotatable bonds is 8. The van der Waals surface area contributed by atoms with Crippen LogP contribution in [0.1, 0.15) is 12.0 Å². The molecule has 1 rings (SSSR count). The normalized spacial score (nSPS) is 10.0. The average molecular weight is 315 g/mol. The van der Waals surface area contributed by atoms with E-state index in [1.165, 1.54) is 26.4 Å². The molecule has 0 N–H and O–H groups in total. The van der Waals surface area contributed by atoms with Crippen LogP contribution < -0.4 is 9.47 Å². The fourth-order valence-electron chi connectivity index (χ4n) is 1.72. The van der Waals surface area contributed by atoms with Crippen molar-refractivity contribution in [3.05, 3.63) is 27.8 Å². The first kappa shape index (κ1) is 17.1. The second kappa shape index (κ2) is 8.35. The van der Waals surface area contributed by atoms with E-state index in [0.717, 1.165) is 0 Å². The van der Waals surface area contributed by atoms with Crippen LogP contribution in [0.4, 0.5) is 5.69 Å². The molecule has 0 radical (unpaired) electrons. The Hall–Kier alpha value is -1.96. The van der Waals surface area contributed by atoms with Crippen molar-refractivity contribution in [1.82, 2.24) is 0 Å². The minimum Gasteiger partial charge on any atom is -0.493 e. The number of nitro benzene ring substituents is 1. The van der Waals surface area contributed by atoms with E-state index in [1.807, 2.05) is 0 Å². The van der Waals surface area contributed by atoms with Gasteiger partial charge in [0.15, 0.2) is 11.5 Å². The number of nitro groups is 1. The Morgan fingerprint density at radius 2 is 1.90 bits per heavy atom. The van der Waals surface area contributed by atoms with Crippen LogP contribution in [0.15, 0.2) is 12.1 Å². The molecule has 0 aliphatic rings. The van der Waals surface area contributed by atoms with Crippen molar-refractivity contribution in [3.8, 4) is 11.5 Å². The molecule has 1 aromatic carbocycles. The Morgan fingerprint density at radius 3 is 2.43 bits per heavy atom. The molecule has 0 fully saturated rings. The monoisotopic (exact) mass is 315 g/mol. The SMILES string of the molecule is COc1cc(CCOC(=O)CCS)c([N+](=O)[O-])cc1OC. The van der Waals surface area contributed by atoms with Gasteiger partial charge in [0, 0.05) is 17.7 Å². The number of ether oxygens (including phenoxy) is 3. The fourth-order valence-corrected chi connectivity index (χ4v) is 1.90. The lowest BCUT2D eigenvalue weighted by Gasteiger charge is -2.10. The molecule has 0 heterocycles. The number of methoxy groups -OCH3 is 2. The number of thiol groups is 1. The molecule has 1 aromatic rings. The number of hydrogen-bond acceptors (Lipinski definition) is 7. The molecule has 0 atom stereocenters. The highest BCUT2D eigenvalue weighted by molar-refractivity contribution is 7.80. The van der Waals surface area contributed by atoms with Crippen molar-refractivity contribution in [1.29, 1.82) is 0 Å². The average Bonchev–Trinajstić information content (AvgIpc) is 2.46. The highest BCUT2D eigenvalue weighted by Crippen LogP contribution is 2.34. The molecule has 0 saturated carbocycles. The van der Waals surface area contributed by atoms with E-state index < -0.39 is 4.92 Å². The second-order valence-electron chi connectivity index (χ2n) is 4.04. The molecule has 0 bridgehead atoms. The van der Waals surface area contributed by atoms with E-state index in [-0.39, 0.29) is 36.9 Å². The third-order valence-electron chi connectivity index (χ3n) is 2.73. The van der Waals surface area contributed by atoms with E-state index in [0.29, 0.717) is 17.1 Å². The summed E-state index contributed by atoms with van der Waals surface area (Å²) in [7, 11) is 2.85. The van der Waals surface area contributed by atoms with E-state index in [4.69, 9.17) is 14.2 Å². The summed E-state index contributed by atoms with van der Waals surface area (Å²) in [6.45, 7) is 0.0585. The number of esters is 1. The van der Waals surface area contributed by atoms with Gasteiger partial charge in [-0.05, 0) is 6.07 Å². The Morgan fingerprint density at radius 1 is 1.29 bits per heavy atom. The Kier molecular flexibility index (Phi) is 6.80. The third-order valence-corrected chi connectivity index (χ3v) is 2.96. The van der Waals surface area contributed by atoms with Gasteiger partial charge in [0.2, 0.25) is 0 Å². The van der Waals surface area contributed by atoms with E-state index in [9.17, 15) is 14.9 Å². The van der Waals surface area contributed by atoms with Gasteiger partial charge < -0.3 is 14.2 Å². The summed E-state index contributed by atoms with van der Waals surface area (Å²) in [5, 5.41) is 11.1. The summed E-state index contributed by atoms with van der Waals surface area (Å²) in [5.41, 5.74) is 0.314. The molecule has 0 spiro atoms. The summed E-state index contributed by atoms with van der Waals surface area (Å²) < 4.78 is 15.1. The summed E-state index contributed by atoms with van der Waals surface area (Å²) >= 11 is 3.92. The van der Waals surface area contributed by atoms with Crippen LogP contribution in [0.5, 0.6) is 11.5 Å². The molecule has 0 aliphatic carbocycles. The zero-order valence-corrected chi connectivity index (χ0v) is 12.7. The minimum absolute atomic E-state index is 0.0585. The maximum atomic E-state index is 11.2. The first-order valence-electron chi connectivity index (χ1n) is 6.19. The quantitative estimate of drug-likeness (QED) is 0.342. The molecule has 8 heteroatoms. The first-order chi connectivity index (χ1) is 10.0. The van der Waals surface area contributed by atoms with E-state index in [2.05, 4.69) is 12.6 Å². The van der Waals surface area contributed by atoms with Gasteiger partial charge in [-0.3, -0.25) is 14.9 Å². The van der Waals surface area contributed by atoms with Gasteiger partial charge in [-0.1, -0.05) is 0 Å². The molecule has 116 valence electrons. The standard InChI is InChI=1S/C13H17NO6S/c1-18-11-7-9(3-5-20-13(15)4-6-21)10(14(16)17)8-12(11)19-2/h7-8,21H,3-6H2,1-2H3. The molecule has 7 nitrogen and oxygen atoms in total. The van der Waals surface area contributed by atoms with Crippen molar-refractivity contribution in [2.75, 3.05) is 26.6 Å². The fraction of sp³-hybridized carbons (Fsp3) is 0.462. The maximum Gasteiger partial charge on any atom is 0.306 e. The predicted octanol–water partition coefficient (Wildman–Crippen LogP) is 2.02. The molecular weight excluding hydrogens is 298 g/mol. The smallest absolute Gasteiger partial charge is 0.306 e. The van der Waals surface area contributed by atoms with Crippen molar-refractivity contribution in [2.45, 2.75) is 12.8 Å². The van der Waals surface area contributed by atoms with Crippen molar-refractivity contribution in [2.24, 2.45) is 0 Å². The number of carbonyl (C=O) groups is 1. The van der Waals surface area contributed by atoms with Crippen LogP contribution in [0.3, 0.4) is 0 Å². The van der Waals surface area contributed by atoms with Gasteiger partial charge in [0.05, 0.1) is 38.2 Å². The first-order valence-corrected chi connectivity index (χ1v) is 6.82. The van der Waals surface area contributed by atoms with Crippen molar-refractivity contribution < 1.29 is 23.9 Å². The largest absolute Gasteiger partial charge is 0.493 e. The lowest BCUT2D eigenvalue weighted by molar-refractivity contribution is -0.385. The van der Waals surface area contributed by atoms with E-state index >= 15 is 0 Å². The zero-order valence-electron chi connectivity index (χ0n) is 11.8. The lowest BCUT2D eigenvalue weighted by Crippen LogP contribution is -2.09. The van der Waals surface area contributed by atoms with Crippen LogP contribution >= 0.6 is 12.6 Å². The van der Waals surface area contributed by atoms with Gasteiger partial charge in [-0.2, -0.15) is 12.6 Å². The Bertz CT molecular complexity index is 520. The van der Waals surface area contributed by atoms with Gasteiger partial charge >= 0.3 is 5.97 Å². The zero-order chi connectivity index (χ0) is 15.8. The van der Waals surface area contributed by atoms with Crippen LogP contribution in [0, 0.1) is 10.1 Å². The molecule has 0 saturated heterocycles. The molecule has 0 aliphatic heterocycles. The second-order valence-corrected chi connectivity index (χ2v) is 4.48. The Labute approximate surface area is 127 Å². The number of carbonyl (C=O) groups excluding carboxylic acids is 1. The third kappa shape index (κ3) is 4.82. The maximum absolute atomic E-state index is 11.2. The van der Waals surface area contributed by atoms with Crippen LogP contribution in [-0.2, 0) is 16.0 Å². The van der Waals surface area contributed by atoms with Crippen molar-refractivity contribution in [3.63, 3.8) is 0 Å². The summed E-state index contributed by atoms with van der Waals surface area (Å²) in [5.74, 6) is 0.683. The topological polar surface area (TPSA) is 87.9 Å². The summed E-state index contributed by atoms with van der Waals surface area (Å²) in [4.78, 5) is 21.8. The summed E-state index contributed by atoms with van der Waals surface area (Å²) in [6.07, 6.45) is 0.423. The van der Waals surface area contributed by atoms with Gasteiger partial charge in [0.1, 0.15) is 0 Å². The molecular formula is C13H17NO6S. The van der Waals surface area contributed by atoms with Gasteiger partial charge in [0.25, 0.3) is 5.69 Å². The molecule has 0 amide bonds. The predicted molar refractivity (Wildman–Crippen MR) is 79.3 cm³/mol. The van der Waals surface area contributed by atoms with Crippen LogP contribution in [0.25, 0.3) is 0 Å². The molecule has 0 unspecified atom stereocenters. The van der Waals surface area contributed by atoms with Crippen molar-refractivity contribution >= 4 is 24.3 Å². The van der Waals surface area contributed by atoms with Crippen LogP contribution in [-0.4, -0.2) is 37.5 Å². The number of nitrogens with zero attached hydrogens (tertiary/aromatic N) is 1. The van der Waals surface area contributed by atoms with Gasteiger partial charge in [-0.15, -0.1) is 0 Å². The van der Waals surface area contributed by atoms with Gasteiger partial charge in [-0.25, -0.2) is 0 Å². The lowest BCUT2D eigenvalue weighted by atomic mass is 10.1.